The predicted molar refractivity (Wildman–Crippen MR) is 65.8 cm³/mol. The minimum absolute atomic E-state index is 0.0451. The van der Waals surface area contributed by atoms with Crippen LogP contribution in [0.25, 0.3) is 0 Å². The lowest BCUT2D eigenvalue weighted by molar-refractivity contribution is -0.123. The normalized spacial score (nSPS) is 25.6. The molecule has 0 aromatic rings. The summed E-state index contributed by atoms with van der Waals surface area (Å²) in [5.41, 5.74) is -0.486. The Hall–Kier alpha value is -1.06. The maximum absolute atomic E-state index is 12.0. The summed E-state index contributed by atoms with van der Waals surface area (Å²) in [6.07, 6.45) is 1.43. The Balaban J connectivity index is 2.70. The van der Waals surface area contributed by atoms with E-state index in [2.05, 4.69) is 0 Å². The van der Waals surface area contributed by atoms with Gasteiger partial charge in [0.1, 0.15) is 11.4 Å². The summed E-state index contributed by atoms with van der Waals surface area (Å²) in [5.74, 6) is 0.113. The quantitative estimate of drug-likeness (QED) is 0.709. The highest BCUT2D eigenvalue weighted by Gasteiger charge is 2.35. The first-order chi connectivity index (χ1) is 7.72. The fourth-order valence-corrected chi connectivity index (χ4v) is 2.26. The molecule has 1 amide bonds. The van der Waals surface area contributed by atoms with Crippen LogP contribution in [0.15, 0.2) is 0 Å². The second kappa shape index (κ2) is 5.07. The van der Waals surface area contributed by atoms with Crippen LogP contribution >= 0.6 is 0 Å². The largest absolute Gasteiger partial charge is 0.444 e. The molecule has 0 saturated carbocycles. The molecule has 1 aliphatic heterocycles. The van der Waals surface area contributed by atoms with Gasteiger partial charge in [-0.15, -0.1) is 0 Å². The van der Waals surface area contributed by atoms with Crippen LogP contribution in [0.5, 0.6) is 0 Å². The van der Waals surface area contributed by atoms with E-state index in [0.717, 1.165) is 12.8 Å². The van der Waals surface area contributed by atoms with Gasteiger partial charge in [0, 0.05) is 18.5 Å². The van der Waals surface area contributed by atoms with Crippen molar-refractivity contribution in [1.82, 2.24) is 4.90 Å². The van der Waals surface area contributed by atoms with Gasteiger partial charge in [-0.1, -0.05) is 0 Å². The number of hydrogen-bond donors (Lipinski definition) is 0. The van der Waals surface area contributed by atoms with Crippen molar-refractivity contribution in [1.29, 1.82) is 0 Å². The maximum atomic E-state index is 12.0. The van der Waals surface area contributed by atoms with E-state index in [0.29, 0.717) is 6.54 Å². The molecule has 0 aromatic carbocycles. The number of nitrogens with zero attached hydrogens (tertiary/aromatic N) is 1. The molecule has 1 heterocycles. The summed E-state index contributed by atoms with van der Waals surface area (Å²) >= 11 is 0. The smallest absolute Gasteiger partial charge is 0.410 e. The first-order valence-corrected chi connectivity index (χ1v) is 6.22. The molecular formula is C13H23NO3. The summed E-state index contributed by atoms with van der Waals surface area (Å²) in [6, 6.07) is -0.0592. The van der Waals surface area contributed by atoms with Crippen LogP contribution < -0.4 is 0 Å². The van der Waals surface area contributed by atoms with E-state index in [9.17, 15) is 9.59 Å². The van der Waals surface area contributed by atoms with Gasteiger partial charge >= 0.3 is 6.09 Å². The van der Waals surface area contributed by atoms with E-state index in [1.165, 1.54) is 0 Å². The number of piperidine rings is 1. The number of rotatable bonds is 1. The average Bonchev–Trinajstić information content (AvgIpc) is 2.14. The van der Waals surface area contributed by atoms with Gasteiger partial charge in [0.05, 0.1) is 0 Å². The molecule has 1 unspecified atom stereocenters. The number of amides is 1. The van der Waals surface area contributed by atoms with Crippen LogP contribution in [0, 0.1) is 5.92 Å². The second-order valence-electron chi connectivity index (χ2n) is 5.77. The van der Waals surface area contributed by atoms with E-state index < -0.39 is 5.60 Å². The van der Waals surface area contributed by atoms with Crippen LogP contribution in [0.4, 0.5) is 4.79 Å². The molecule has 0 radical (unpaired) electrons. The molecule has 2 atom stereocenters. The van der Waals surface area contributed by atoms with E-state index in [1.54, 1.807) is 11.8 Å². The lowest BCUT2D eigenvalue weighted by Gasteiger charge is -2.38. The number of hydrogen-bond acceptors (Lipinski definition) is 3. The van der Waals surface area contributed by atoms with Crippen LogP contribution in [0.3, 0.4) is 0 Å². The molecule has 1 fully saturated rings. The van der Waals surface area contributed by atoms with Crippen molar-refractivity contribution in [2.75, 3.05) is 6.54 Å². The van der Waals surface area contributed by atoms with Crippen molar-refractivity contribution < 1.29 is 14.3 Å². The van der Waals surface area contributed by atoms with Gasteiger partial charge in [-0.25, -0.2) is 4.79 Å². The third kappa shape index (κ3) is 3.72. The number of carbonyl (C=O) groups excluding carboxylic acids is 2. The number of Topliss-reactive ketones (excluding diaryl/α,β-unsaturated/α-hetero) is 1. The first-order valence-electron chi connectivity index (χ1n) is 6.22. The SMILES string of the molecule is CC(=O)C1CCCN(C(=O)OC(C)(C)C)[C@H]1C. The Morgan fingerprint density at radius 2 is 1.88 bits per heavy atom. The fraction of sp³-hybridized carbons (Fsp3) is 0.846. The number of likely N-dealkylation sites (tertiary alicyclic amines) is 1. The van der Waals surface area contributed by atoms with Crippen molar-refractivity contribution in [2.45, 2.75) is 59.1 Å². The molecule has 0 aromatic heterocycles. The van der Waals surface area contributed by atoms with Crippen molar-refractivity contribution in [2.24, 2.45) is 5.92 Å². The average molecular weight is 241 g/mol. The summed E-state index contributed by atoms with van der Waals surface area (Å²) in [7, 11) is 0. The van der Waals surface area contributed by atoms with Gasteiger partial charge in [-0.3, -0.25) is 4.79 Å². The van der Waals surface area contributed by atoms with Crippen LogP contribution in [-0.2, 0) is 9.53 Å². The highest BCUT2D eigenvalue weighted by Crippen LogP contribution is 2.25. The van der Waals surface area contributed by atoms with Crippen molar-refractivity contribution in [3.63, 3.8) is 0 Å². The molecular weight excluding hydrogens is 218 g/mol. The van der Waals surface area contributed by atoms with Crippen LogP contribution in [0.1, 0.15) is 47.5 Å². The van der Waals surface area contributed by atoms with E-state index in [-0.39, 0.29) is 23.8 Å². The Morgan fingerprint density at radius 1 is 1.29 bits per heavy atom. The number of ketones is 1. The van der Waals surface area contributed by atoms with Gasteiger partial charge in [-0.05, 0) is 47.5 Å². The van der Waals surface area contributed by atoms with Gasteiger partial charge in [0.25, 0.3) is 0 Å². The molecule has 0 aliphatic carbocycles. The molecule has 0 bridgehead atoms. The maximum Gasteiger partial charge on any atom is 0.410 e. The molecule has 4 heteroatoms. The Bertz CT molecular complexity index is 306. The minimum Gasteiger partial charge on any atom is -0.444 e. The van der Waals surface area contributed by atoms with Crippen molar-refractivity contribution in [3.8, 4) is 0 Å². The van der Waals surface area contributed by atoms with Crippen LogP contribution in [-0.4, -0.2) is 35.0 Å². The van der Waals surface area contributed by atoms with Crippen molar-refractivity contribution >= 4 is 11.9 Å². The first kappa shape index (κ1) is 14.0. The zero-order valence-corrected chi connectivity index (χ0v) is 11.4. The van der Waals surface area contributed by atoms with Gasteiger partial charge < -0.3 is 9.64 Å². The topological polar surface area (TPSA) is 46.6 Å². The summed E-state index contributed by atoms with van der Waals surface area (Å²) < 4.78 is 5.35. The van der Waals surface area contributed by atoms with Gasteiger partial charge in [-0.2, -0.15) is 0 Å². The molecule has 1 saturated heterocycles. The fourth-order valence-electron chi connectivity index (χ4n) is 2.26. The third-order valence-electron chi connectivity index (χ3n) is 3.14. The zero-order valence-electron chi connectivity index (χ0n) is 11.4. The highest BCUT2D eigenvalue weighted by atomic mass is 16.6. The zero-order chi connectivity index (χ0) is 13.2. The molecule has 1 aliphatic rings. The molecule has 98 valence electrons. The Kier molecular flexibility index (Phi) is 4.17. The lowest BCUT2D eigenvalue weighted by atomic mass is 9.87. The molecule has 1 rings (SSSR count). The standard InChI is InChI=1S/C13H23NO3/c1-9-11(10(2)15)7-6-8-14(9)12(16)17-13(3,4)5/h9,11H,6-8H2,1-5H3/t9-,11?/m0/s1. The van der Waals surface area contributed by atoms with E-state index in [1.807, 2.05) is 27.7 Å². The van der Waals surface area contributed by atoms with Gasteiger partial charge in [0.15, 0.2) is 0 Å². The lowest BCUT2D eigenvalue weighted by Crippen LogP contribution is -2.50. The number of carbonyl (C=O) groups is 2. The number of ether oxygens (including phenoxy) is 1. The highest BCUT2D eigenvalue weighted by molar-refractivity contribution is 5.80. The molecule has 0 spiro atoms. The summed E-state index contributed by atoms with van der Waals surface area (Å²) in [5, 5.41) is 0. The monoisotopic (exact) mass is 241 g/mol. The Morgan fingerprint density at radius 3 is 2.35 bits per heavy atom. The molecule has 4 nitrogen and oxygen atoms in total. The second-order valence-corrected chi connectivity index (χ2v) is 5.77. The molecule has 17 heavy (non-hydrogen) atoms. The van der Waals surface area contributed by atoms with Crippen LogP contribution in [0.2, 0.25) is 0 Å². The predicted octanol–water partition coefficient (Wildman–Crippen LogP) is 2.61. The van der Waals surface area contributed by atoms with E-state index in [4.69, 9.17) is 4.74 Å². The third-order valence-corrected chi connectivity index (χ3v) is 3.14. The van der Waals surface area contributed by atoms with Crippen molar-refractivity contribution in [3.05, 3.63) is 0 Å². The summed E-state index contributed by atoms with van der Waals surface area (Å²) in [6.45, 7) is 9.75. The minimum atomic E-state index is -0.486. The van der Waals surface area contributed by atoms with E-state index >= 15 is 0 Å². The Labute approximate surface area is 103 Å². The summed E-state index contributed by atoms with van der Waals surface area (Å²) in [4.78, 5) is 25.1. The van der Waals surface area contributed by atoms with Gasteiger partial charge in [0.2, 0.25) is 0 Å². The molecule has 0 N–H and O–H groups in total.